The van der Waals surface area contributed by atoms with Crippen LogP contribution in [0.3, 0.4) is 0 Å². The number of aromatic nitrogens is 1. The van der Waals surface area contributed by atoms with Crippen molar-refractivity contribution < 1.29 is 9.53 Å². The van der Waals surface area contributed by atoms with Crippen molar-refractivity contribution in [3.05, 3.63) is 22.9 Å². The molecule has 0 N–H and O–H groups in total. The molecule has 1 saturated heterocycles. The predicted octanol–water partition coefficient (Wildman–Crippen LogP) is 1.21. The van der Waals surface area contributed by atoms with Crippen LogP contribution in [0, 0.1) is 0 Å². The minimum atomic E-state index is -0.0175. The van der Waals surface area contributed by atoms with Gasteiger partial charge >= 0.3 is 0 Å². The highest BCUT2D eigenvalue weighted by atomic mass is 79.9. The summed E-state index contributed by atoms with van der Waals surface area (Å²) in [5, 5.41) is 0. The van der Waals surface area contributed by atoms with Crippen molar-refractivity contribution in [1.82, 2.24) is 4.98 Å². The normalized spacial score (nSPS) is 17.2. The van der Waals surface area contributed by atoms with Crippen molar-refractivity contribution in [2.24, 2.45) is 0 Å². The Bertz CT molecular complexity index is 356. The molecular weight excluding hydrogens is 248 g/mol. The van der Waals surface area contributed by atoms with Crippen LogP contribution < -0.4 is 4.90 Å². The lowest BCUT2D eigenvalue weighted by Gasteiger charge is -2.26. The van der Waals surface area contributed by atoms with Crippen molar-refractivity contribution in [2.75, 3.05) is 24.7 Å². The van der Waals surface area contributed by atoms with Crippen molar-refractivity contribution in [1.29, 1.82) is 0 Å². The van der Waals surface area contributed by atoms with Crippen molar-refractivity contribution in [2.45, 2.75) is 0 Å². The number of morpholine rings is 1. The van der Waals surface area contributed by atoms with E-state index in [1.165, 1.54) is 0 Å². The summed E-state index contributed by atoms with van der Waals surface area (Å²) >= 11 is 3.32. The third-order valence-electron chi connectivity index (χ3n) is 1.99. The molecule has 0 aromatic carbocycles. The Morgan fingerprint density at radius 1 is 1.50 bits per heavy atom. The summed E-state index contributed by atoms with van der Waals surface area (Å²) < 4.78 is 5.91. The lowest BCUT2D eigenvalue weighted by Crippen LogP contribution is -2.41. The number of rotatable bonds is 1. The number of ether oxygens (including phenoxy) is 1. The maximum Gasteiger partial charge on any atom is 0.253 e. The van der Waals surface area contributed by atoms with Crippen LogP contribution in [0.1, 0.15) is 0 Å². The molecule has 0 unspecified atom stereocenters. The number of hydrogen-bond donors (Lipinski definition) is 0. The van der Waals surface area contributed by atoms with E-state index in [0.29, 0.717) is 13.2 Å². The molecule has 0 saturated carbocycles. The molecule has 1 aliphatic rings. The lowest BCUT2D eigenvalue weighted by molar-refractivity contribution is -0.125. The van der Waals surface area contributed by atoms with Crippen LogP contribution in [0.5, 0.6) is 0 Å². The van der Waals surface area contributed by atoms with Gasteiger partial charge in [-0.15, -0.1) is 0 Å². The highest BCUT2D eigenvalue weighted by molar-refractivity contribution is 9.10. The zero-order valence-corrected chi connectivity index (χ0v) is 9.03. The zero-order valence-electron chi connectivity index (χ0n) is 7.44. The third-order valence-corrected chi connectivity index (χ3v) is 2.42. The molecule has 2 rings (SSSR count). The van der Waals surface area contributed by atoms with Gasteiger partial charge in [0.25, 0.3) is 5.91 Å². The summed E-state index contributed by atoms with van der Waals surface area (Å²) in [7, 11) is 0. The summed E-state index contributed by atoms with van der Waals surface area (Å²) in [6, 6.07) is 1.87. The Kier molecular flexibility index (Phi) is 2.79. The average Bonchev–Trinajstić information content (AvgIpc) is 2.18. The van der Waals surface area contributed by atoms with E-state index in [4.69, 9.17) is 4.74 Å². The number of hydrogen-bond acceptors (Lipinski definition) is 3. The first kappa shape index (κ1) is 9.61. The molecular formula is C9H9BrN2O2. The summed E-state index contributed by atoms with van der Waals surface area (Å²) in [6.45, 7) is 1.34. The van der Waals surface area contributed by atoms with Crippen LogP contribution in [0.25, 0.3) is 0 Å². The SMILES string of the molecule is O=C1COCCN1c1cncc(Br)c1. The molecule has 0 aliphatic carbocycles. The molecule has 0 atom stereocenters. The van der Waals surface area contributed by atoms with Gasteiger partial charge in [0.15, 0.2) is 0 Å². The fourth-order valence-corrected chi connectivity index (χ4v) is 1.69. The quantitative estimate of drug-likeness (QED) is 0.759. The standard InChI is InChI=1S/C9H9BrN2O2/c10-7-3-8(5-11-4-7)12-1-2-14-6-9(12)13/h3-5H,1-2,6H2. The molecule has 0 bridgehead atoms. The summed E-state index contributed by atoms with van der Waals surface area (Å²) in [6.07, 6.45) is 3.36. The molecule has 1 aromatic rings. The fraction of sp³-hybridized carbons (Fsp3) is 0.333. The van der Waals surface area contributed by atoms with Crippen LogP contribution in [0.15, 0.2) is 22.9 Å². The molecule has 14 heavy (non-hydrogen) atoms. The number of pyridine rings is 1. The van der Waals surface area contributed by atoms with E-state index in [1.54, 1.807) is 17.3 Å². The number of anilines is 1. The van der Waals surface area contributed by atoms with Gasteiger partial charge in [0.2, 0.25) is 0 Å². The molecule has 0 radical (unpaired) electrons. The first-order valence-electron chi connectivity index (χ1n) is 4.26. The maximum absolute atomic E-state index is 11.5. The lowest BCUT2D eigenvalue weighted by atomic mass is 10.3. The van der Waals surface area contributed by atoms with Gasteiger partial charge in [0, 0.05) is 17.2 Å². The molecule has 1 fully saturated rings. The number of carbonyl (C=O) groups is 1. The Hall–Kier alpha value is -0.940. The molecule has 5 heteroatoms. The van der Waals surface area contributed by atoms with Crippen LogP contribution >= 0.6 is 15.9 Å². The number of carbonyl (C=O) groups excluding carboxylic acids is 1. The third kappa shape index (κ3) is 1.93. The largest absolute Gasteiger partial charge is 0.370 e. The van der Waals surface area contributed by atoms with E-state index in [1.807, 2.05) is 6.07 Å². The van der Waals surface area contributed by atoms with Gasteiger partial charge in [-0.3, -0.25) is 9.78 Å². The first-order chi connectivity index (χ1) is 6.77. The van der Waals surface area contributed by atoms with Gasteiger partial charge in [-0.2, -0.15) is 0 Å². The average molecular weight is 257 g/mol. The Morgan fingerprint density at radius 3 is 3.07 bits per heavy atom. The second kappa shape index (κ2) is 4.06. The maximum atomic E-state index is 11.5. The van der Waals surface area contributed by atoms with Gasteiger partial charge < -0.3 is 9.64 Å². The van der Waals surface area contributed by atoms with Crippen LogP contribution in [-0.4, -0.2) is 30.6 Å². The van der Waals surface area contributed by atoms with Gasteiger partial charge in [0.1, 0.15) is 6.61 Å². The number of amides is 1. The monoisotopic (exact) mass is 256 g/mol. The van der Waals surface area contributed by atoms with Crippen molar-refractivity contribution in [3.63, 3.8) is 0 Å². The summed E-state index contributed by atoms with van der Waals surface area (Å²) in [5.41, 5.74) is 0.813. The molecule has 2 heterocycles. The molecule has 1 aromatic heterocycles. The number of nitrogens with zero attached hydrogens (tertiary/aromatic N) is 2. The Morgan fingerprint density at radius 2 is 2.36 bits per heavy atom. The van der Waals surface area contributed by atoms with E-state index in [9.17, 15) is 4.79 Å². The Balaban J connectivity index is 2.24. The number of halogens is 1. The molecule has 1 amide bonds. The molecule has 1 aliphatic heterocycles. The second-order valence-corrected chi connectivity index (χ2v) is 3.87. The van der Waals surface area contributed by atoms with E-state index >= 15 is 0 Å². The highest BCUT2D eigenvalue weighted by Gasteiger charge is 2.20. The highest BCUT2D eigenvalue weighted by Crippen LogP contribution is 2.19. The topological polar surface area (TPSA) is 42.4 Å². The van der Waals surface area contributed by atoms with E-state index in [0.717, 1.165) is 10.2 Å². The fourth-order valence-electron chi connectivity index (χ4n) is 1.34. The van der Waals surface area contributed by atoms with Gasteiger partial charge in [-0.05, 0) is 22.0 Å². The van der Waals surface area contributed by atoms with Crippen molar-refractivity contribution in [3.8, 4) is 0 Å². The Labute approximate surface area is 90.0 Å². The first-order valence-corrected chi connectivity index (χ1v) is 5.05. The minimum Gasteiger partial charge on any atom is -0.370 e. The molecule has 4 nitrogen and oxygen atoms in total. The summed E-state index contributed by atoms with van der Waals surface area (Å²) in [5.74, 6) is -0.0175. The molecule has 0 spiro atoms. The van der Waals surface area contributed by atoms with Gasteiger partial charge in [-0.25, -0.2) is 0 Å². The molecule has 74 valence electrons. The van der Waals surface area contributed by atoms with Gasteiger partial charge in [0.05, 0.1) is 18.5 Å². The zero-order chi connectivity index (χ0) is 9.97. The van der Waals surface area contributed by atoms with E-state index in [-0.39, 0.29) is 12.5 Å². The van der Waals surface area contributed by atoms with E-state index in [2.05, 4.69) is 20.9 Å². The second-order valence-electron chi connectivity index (χ2n) is 2.96. The van der Waals surface area contributed by atoms with Crippen LogP contribution in [-0.2, 0) is 9.53 Å². The van der Waals surface area contributed by atoms with Crippen LogP contribution in [0.2, 0.25) is 0 Å². The van der Waals surface area contributed by atoms with Gasteiger partial charge in [-0.1, -0.05) is 0 Å². The summed E-state index contributed by atoms with van der Waals surface area (Å²) in [4.78, 5) is 17.2. The minimum absolute atomic E-state index is 0.0175. The smallest absolute Gasteiger partial charge is 0.253 e. The van der Waals surface area contributed by atoms with Crippen molar-refractivity contribution >= 4 is 27.5 Å². The van der Waals surface area contributed by atoms with Crippen LogP contribution in [0.4, 0.5) is 5.69 Å². The van der Waals surface area contributed by atoms with E-state index < -0.39 is 0 Å². The predicted molar refractivity (Wildman–Crippen MR) is 55.1 cm³/mol.